The van der Waals surface area contributed by atoms with E-state index < -0.39 is 9.84 Å². The first-order valence-corrected chi connectivity index (χ1v) is 10.5. The van der Waals surface area contributed by atoms with Crippen molar-refractivity contribution in [1.82, 2.24) is 9.88 Å². The van der Waals surface area contributed by atoms with Gasteiger partial charge in [-0.3, -0.25) is 9.78 Å². The first-order valence-electron chi connectivity index (χ1n) is 8.64. The van der Waals surface area contributed by atoms with Crippen LogP contribution >= 0.6 is 0 Å². The summed E-state index contributed by atoms with van der Waals surface area (Å²) in [5.74, 6) is 0.0804. The second kappa shape index (κ2) is 7.09. The van der Waals surface area contributed by atoms with Gasteiger partial charge >= 0.3 is 0 Å². The summed E-state index contributed by atoms with van der Waals surface area (Å²) in [7, 11) is -1.32. The zero-order valence-corrected chi connectivity index (χ0v) is 15.0. The predicted molar refractivity (Wildman–Crippen MR) is 94.1 cm³/mol. The summed E-state index contributed by atoms with van der Waals surface area (Å²) in [5, 5.41) is 0. The van der Waals surface area contributed by atoms with E-state index >= 15 is 0 Å². The van der Waals surface area contributed by atoms with Gasteiger partial charge in [-0.05, 0) is 25.3 Å². The summed E-state index contributed by atoms with van der Waals surface area (Å²) in [5.41, 5.74) is 1.51. The minimum absolute atomic E-state index is 0.0640. The van der Waals surface area contributed by atoms with Gasteiger partial charge in [0.15, 0.2) is 9.84 Å². The molecule has 0 bridgehead atoms. The lowest BCUT2D eigenvalue weighted by atomic mass is 10.1. The fraction of sp³-hybridized carbons (Fsp3) is 0.647. The second-order valence-electron chi connectivity index (χ2n) is 6.81. The van der Waals surface area contributed by atoms with Crippen molar-refractivity contribution >= 4 is 21.4 Å². The van der Waals surface area contributed by atoms with E-state index in [0.717, 1.165) is 31.6 Å². The Hall–Kier alpha value is -1.63. The van der Waals surface area contributed by atoms with Crippen molar-refractivity contribution in [2.75, 3.05) is 36.5 Å². The van der Waals surface area contributed by atoms with Crippen molar-refractivity contribution in [3.05, 3.63) is 24.0 Å². The van der Waals surface area contributed by atoms with Crippen molar-refractivity contribution in [1.29, 1.82) is 0 Å². The van der Waals surface area contributed by atoms with Gasteiger partial charge in [0.25, 0.3) is 5.91 Å². The van der Waals surface area contributed by atoms with Crippen LogP contribution in [0.4, 0.5) is 5.69 Å². The molecule has 24 heavy (non-hydrogen) atoms. The summed E-state index contributed by atoms with van der Waals surface area (Å²) in [6.07, 6.45) is 8.73. The van der Waals surface area contributed by atoms with Crippen molar-refractivity contribution < 1.29 is 13.2 Å². The Balaban J connectivity index is 1.74. The van der Waals surface area contributed by atoms with Crippen LogP contribution in [0.1, 0.15) is 42.5 Å². The van der Waals surface area contributed by atoms with Crippen LogP contribution in [-0.2, 0) is 9.84 Å². The van der Waals surface area contributed by atoms with E-state index in [2.05, 4.69) is 9.88 Å². The Bertz CT molecular complexity index is 697. The highest BCUT2D eigenvalue weighted by Gasteiger charge is 2.33. The van der Waals surface area contributed by atoms with Gasteiger partial charge in [0, 0.05) is 32.4 Å². The van der Waals surface area contributed by atoms with Crippen LogP contribution in [0.5, 0.6) is 0 Å². The minimum Gasteiger partial charge on any atom is -0.370 e. The summed E-state index contributed by atoms with van der Waals surface area (Å²) in [6.45, 7) is 1.99. The lowest BCUT2D eigenvalue weighted by Crippen LogP contribution is -2.38. The number of hydrogen-bond donors (Lipinski definition) is 0. The van der Waals surface area contributed by atoms with Crippen LogP contribution in [0, 0.1) is 0 Å². The van der Waals surface area contributed by atoms with Gasteiger partial charge in [-0.25, -0.2) is 8.42 Å². The van der Waals surface area contributed by atoms with Crippen LogP contribution < -0.4 is 4.90 Å². The molecule has 7 heteroatoms. The molecule has 2 aliphatic rings. The molecule has 0 N–H and O–H groups in total. The highest BCUT2D eigenvalue weighted by atomic mass is 32.2. The van der Waals surface area contributed by atoms with E-state index in [-0.39, 0.29) is 23.5 Å². The van der Waals surface area contributed by atoms with Crippen molar-refractivity contribution in [2.45, 2.75) is 38.1 Å². The highest BCUT2D eigenvalue weighted by molar-refractivity contribution is 7.91. The zero-order valence-electron chi connectivity index (χ0n) is 14.1. The molecule has 2 aliphatic heterocycles. The summed E-state index contributed by atoms with van der Waals surface area (Å²) in [6, 6.07) is 1.66. The minimum atomic E-state index is -3.00. The van der Waals surface area contributed by atoms with Gasteiger partial charge in [0.2, 0.25) is 0 Å². The molecule has 1 unspecified atom stereocenters. The molecular formula is C17H25N3O3S. The molecule has 0 radical (unpaired) electrons. The molecule has 3 rings (SSSR count). The molecule has 3 heterocycles. The number of carbonyl (C=O) groups excluding carboxylic acids is 1. The van der Waals surface area contributed by atoms with Gasteiger partial charge in [-0.1, -0.05) is 12.8 Å². The number of pyridine rings is 1. The SMILES string of the molecule is CN(C(=O)c1cncc(N2CCCCCC2)c1)C1CCS(=O)(=O)C1. The number of hydrogen-bond acceptors (Lipinski definition) is 5. The van der Waals surface area contributed by atoms with Crippen molar-refractivity contribution in [3.63, 3.8) is 0 Å². The molecule has 2 fully saturated rings. The van der Waals surface area contributed by atoms with E-state index in [1.54, 1.807) is 18.1 Å². The molecule has 0 spiro atoms. The fourth-order valence-electron chi connectivity index (χ4n) is 3.50. The molecule has 1 aromatic heterocycles. The molecule has 1 aromatic rings. The summed E-state index contributed by atoms with van der Waals surface area (Å²) in [4.78, 5) is 20.8. The second-order valence-corrected chi connectivity index (χ2v) is 9.03. The average molecular weight is 351 g/mol. The van der Waals surface area contributed by atoms with Crippen LogP contribution in [-0.4, -0.2) is 61.9 Å². The number of amides is 1. The predicted octanol–water partition coefficient (Wildman–Crippen LogP) is 1.72. The number of aromatic nitrogens is 1. The van der Waals surface area contributed by atoms with Crippen LogP contribution in [0.25, 0.3) is 0 Å². The third kappa shape index (κ3) is 3.88. The number of rotatable bonds is 3. The molecular weight excluding hydrogens is 326 g/mol. The van der Waals surface area contributed by atoms with Gasteiger partial charge in [-0.2, -0.15) is 0 Å². The van der Waals surface area contributed by atoms with Crippen molar-refractivity contribution in [2.24, 2.45) is 0 Å². The lowest BCUT2D eigenvalue weighted by molar-refractivity contribution is 0.0747. The number of nitrogens with zero attached hydrogens (tertiary/aromatic N) is 3. The summed E-state index contributed by atoms with van der Waals surface area (Å²) >= 11 is 0. The Morgan fingerprint density at radius 3 is 2.54 bits per heavy atom. The lowest BCUT2D eigenvalue weighted by Gasteiger charge is -2.25. The molecule has 1 amide bonds. The Kier molecular flexibility index (Phi) is 5.08. The topological polar surface area (TPSA) is 70.6 Å². The highest BCUT2D eigenvalue weighted by Crippen LogP contribution is 2.22. The first kappa shape index (κ1) is 17.2. The molecule has 0 aliphatic carbocycles. The largest absolute Gasteiger partial charge is 0.370 e. The average Bonchev–Trinajstić information content (AvgIpc) is 2.79. The molecule has 2 saturated heterocycles. The maximum absolute atomic E-state index is 12.7. The quantitative estimate of drug-likeness (QED) is 0.829. The molecule has 132 valence electrons. The van der Waals surface area contributed by atoms with E-state index in [1.165, 1.54) is 12.8 Å². The van der Waals surface area contributed by atoms with E-state index in [4.69, 9.17) is 0 Å². The maximum Gasteiger partial charge on any atom is 0.255 e. The fourth-order valence-corrected chi connectivity index (χ4v) is 5.27. The number of sulfone groups is 1. The zero-order chi connectivity index (χ0) is 17.2. The van der Waals surface area contributed by atoms with Crippen molar-refractivity contribution in [3.8, 4) is 0 Å². The Labute approximate surface area is 143 Å². The number of anilines is 1. The Morgan fingerprint density at radius 1 is 1.21 bits per heavy atom. The third-order valence-electron chi connectivity index (χ3n) is 5.02. The van der Waals surface area contributed by atoms with E-state index in [9.17, 15) is 13.2 Å². The molecule has 6 nitrogen and oxygen atoms in total. The molecule has 1 atom stereocenters. The van der Waals surface area contributed by atoms with Gasteiger partial charge in [-0.15, -0.1) is 0 Å². The molecule has 0 aromatic carbocycles. The summed E-state index contributed by atoms with van der Waals surface area (Å²) < 4.78 is 23.3. The monoisotopic (exact) mass is 351 g/mol. The van der Waals surface area contributed by atoms with Gasteiger partial charge in [0.05, 0.1) is 29.0 Å². The van der Waals surface area contributed by atoms with E-state index in [0.29, 0.717) is 12.0 Å². The third-order valence-corrected chi connectivity index (χ3v) is 6.77. The molecule has 0 saturated carbocycles. The number of carbonyl (C=O) groups is 1. The normalized spacial score (nSPS) is 23.7. The van der Waals surface area contributed by atoms with E-state index in [1.807, 2.05) is 12.3 Å². The Morgan fingerprint density at radius 2 is 1.92 bits per heavy atom. The van der Waals surface area contributed by atoms with Crippen LogP contribution in [0.15, 0.2) is 18.5 Å². The maximum atomic E-state index is 12.7. The smallest absolute Gasteiger partial charge is 0.255 e. The van der Waals surface area contributed by atoms with Gasteiger partial charge in [0.1, 0.15) is 0 Å². The van der Waals surface area contributed by atoms with Crippen LogP contribution in [0.3, 0.4) is 0 Å². The first-order chi connectivity index (χ1) is 11.5. The standard InChI is InChI=1S/C17H25N3O3S/c1-19(15-6-9-24(22,23)13-15)17(21)14-10-16(12-18-11-14)20-7-4-2-3-5-8-20/h10-12,15H,2-9,13H2,1H3. The van der Waals surface area contributed by atoms with Gasteiger partial charge < -0.3 is 9.80 Å². The van der Waals surface area contributed by atoms with Crippen LogP contribution in [0.2, 0.25) is 0 Å².